The first kappa shape index (κ1) is 11.3. The summed E-state index contributed by atoms with van der Waals surface area (Å²) >= 11 is 0. The lowest BCUT2D eigenvalue weighted by Crippen LogP contribution is -2.33. The van der Waals surface area contributed by atoms with Crippen molar-refractivity contribution in [2.75, 3.05) is 0 Å². The maximum absolute atomic E-state index is 10.9. The molecule has 0 radical (unpaired) electrons. The smallest absolute Gasteiger partial charge is 0.0899 e. The maximum atomic E-state index is 10.9. The Balaban J connectivity index is 1.81. The van der Waals surface area contributed by atoms with Gasteiger partial charge in [-0.25, -0.2) is 0 Å². The van der Waals surface area contributed by atoms with Crippen LogP contribution in [0.2, 0.25) is 0 Å². The predicted octanol–water partition coefficient (Wildman–Crippen LogP) is 3.78. The highest BCUT2D eigenvalue weighted by molar-refractivity contribution is 5.27. The van der Waals surface area contributed by atoms with Crippen LogP contribution in [0.1, 0.15) is 49.7 Å². The highest BCUT2D eigenvalue weighted by Gasteiger charge is 2.41. The van der Waals surface area contributed by atoms with Gasteiger partial charge in [-0.05, 0) is 62.8 Å². The quantitative estimate of drug-likeness (QED) is 0.819. The van der Waals surface area contributed by atoms with Crippen molar-refractivity contribution in [3.05, 3.63) is 35.4 Å². The molecule has 2 unspecified atom stereocenters. The van der Waals surface area contributed by atoms with Crippen LogP contribution in [0.15, 0.2) is 24.3 Å². The van der Waals surface area contributed by atoms with Crippen LogP contribution in [-0.4, -0.2) is 5.11 Å². The monoisotopic (exact) mass is 230 g/mol. The molecule has 1 nitrogen and oxygen atoms in total. The molecule has 0 saturated heterocycles. The maximum Gasteiger partial charge on any atom is 0.0899 e. The van der Waals surface area contributed by atoms with Crippen LogP contribution in [0.25, 0.3) is 0 Å². The number of aryl methyl sites for hydroxylation is 1. The summed E-state index contributed by atoms with van der Waals surface area (Å²) in [5, 5.41) is 10.9. The molecule has 17 heavy (non-hydrogen) atoms. The average Bonchev–Trinajstić information content (AvgIpc) is 3.13. The van der Waals surface area contributed by atoms with Crippen molar-refractivity contribution in [3.63, 3.8) is 0 Å². The summed E-state index contributed by atoms with van der Waals surface area (Å²) in [6, 6.07) is 8.47. The second kappa shape index (κ2) is 4.13. The Morgan fingerprint density at radius 2 is 1.76 bits per heavy atom. The van der Waals surface area contributed by atoms with E-state index in [2.05, 4.69) is 31.2 Å². The topological polar surface area (TPSA) is 20.2 Å². The predicted molar refractivity (Wildman–Crippen MR) is 69.8 cm³/mol. The molecule has 2 aliphatic carbocycles. The number of benzene rings is 1. The van der Waals surface area contributed by atoms with E-state index in [1.54, 1.807) is 0 Å². The van der Waals surface area contributed by atoms with Crippen molar-refractivity contribution in [3.8, 4) is 0 Å². The molecule has 0 bridgehead atoms. The van der Waals surface area contributed by atoms with Gasteiger partial charge in [0.15, 0.2) is 0 Å². The van der Waals surface area contributed by atoms with Gasteiger partial charge in [-0.2, -0.15) is 0 Å². The van der Waals surface area contributed by atoms with Gasteiger partial charge in [0.25, 0.3) is 0 Å². The standard InChI is InChI=1S/C16H22O/c1-12-4-8-15(9-5-12)16(17)10-2-3-14(11-16)13-6-7-13/h4-5,8-9,13-14,17H,2-3,6-7,10-11H2,1H3. The minimum Gasteiger partial charge on any atom is -0.385 e. The molecule has 92 valence electrons. The van der Waals surface area contributed by atoms with Gasteiger partial charge >= 0.3 is 0 Å². The van der Waals surface area contributed by atoms with Crippen molar-refractivity contribution >= 4 is 0 Å². The summed E-state index contributed by atoms with van der Waals surface area (Å²) in [7, 11) is 0. The normalized spacial score (nSPS) is 33.6. The second-order valence-corrected chi connectivity index (χ2v) is 6.09. The molecular formula is C16H22O. The Hall–Kier alpha value is -0.820. The zero-order valence-electron chi connectivity index (χ0n) is 10.7. The summed E-state index contributed by atoms with van der Waals surface area (Å²) in [4.78, 5) is 0. The first-order valence-electron chi connectivity index (χ1n) is 6.97. The summed E-state index contributed by atoms with van der Waals surface area (Å²) in [6.45, 7) is 2.10. The molecule has 3 rings (SSSR count). The van der Waals surface area contributed by atoms with E-state index in [9.17, 15) is 5.11 Å². The SMILES string of the molecule is Cc1ccc(C2(O)CCCC(C3CC3)C2)cc1. The molecule has 1 heteroatoms. The molecule has 0 aliphatic heterocycles. The molecule has 2 saturated carbocycles. The zero-order valence-corrected chi connectivity index (χ0v) is 10.7. The minimum absolute atomic E-state index is 0.542. The Morgan fingerprint density at radius 1 is 1.06 bits per heavy atom. The van der Waals surface area contributed by atoms with Crippen LogP contribution in [0, 0.1) is 18.8 Å². The summed E-state index contributed by atoms with van der Waals surface area (Å²) in [5.74, 6) is 1.70. The van der Waals surface area contributed by atoms with E-state index in [0.29, 0.717) is 0 Å². The average molecular weight is 230 g/mol. The van der Waals surface area contributed by atoms with Gasteiger partial charge in [0, 0.05) is 0 Å². The van der Waals surface area contributed by atoms with E-state index in [4.69, 9.17) is 0 Å². The number of hydrogen-bond acceptors (Lipinski definition) is 1. The van der Waals surface area contributed by atoms with Crippen LogP contribution in [0.5, 0.6) is 0 Å². The number of hydrogen-bond donors (Lipinski definition) is 1. The highest BCUT2D eigenvalue weighted by atomic mass is 16.3. The lowest BCUT2D eigenvalue weighted by Gasteiger charge is -2.37. The van der Waals surface area contributed by atoms with Gasteiger partial charge in [-0.1, -0.05) is 29.8 Å². The van der Waals surface area contributed by atoms with Crippen LogP contribution in [0.4, 0.5) is 0 Å². The first-order valence-corrected chi connectivity index (χ1v) is 6.97. The molecule has 2 atom stereocenters. The molecule has 0 spiro atoms. The third-order valence-corrected chi connectivity index (χ3v) is 4.64. The van der Waals surface area contributed by atoms with Gasteiger partial charge in [-0.3, -0.25) is 0 Å². The van der Waals surface area contributed by atoms with Gasteiger partial charge in [0.1, 0.15) is 0 Å². The lowest BCUT2D eigenvalue weighted by atomic mass is 9.73. The van der Waals surface area contributed by atoms with E-state index in [1.165, 1.54) is 31.2 Å². The van der Waals surface area contributed by atoms with Gasteiger partial charge in [-0.15, -0.1) is 0 Å². The van der Waals surface area contributed by atoms with E-state index >= 15 is 0 Å². The third kappa shape index (κ3) is 2.26. The Labute approximate surface area is 104 Å². The van der Waals surface area contributed by atoms with Crippen LogP contribution in [-0.2, 0) is 5.60 Å². The minimum atomic E-state index is -0.542. The van der Waals surface area contributed by atoms with Crippen LogP contribution in [0.3, 0.4) is 0 Å². The summed E-state index contributed by atoms with van der Waals surface area (Å²) in [6.07, 6.45) is 7.24. The van der Waals surface area contributed by atoms with Crippen molar-refractivity contribution in [2.24, 2.45) is 11.8 Å². The zero-order chi connectivity index (χ0) is 11.9. The van der Waals surface area contributed by atoms with Crippen molar-refractivity contribution in [1.29, 1.82) is 0 Å². The van der Waals surface area contributed by atoms with Gasteiger partial charge in [0.05, 0.1) is 5.60 Å². The molecular weight excluding hydrogens is 208 g/mol. The van der Waals surface area contributed by atoms with Crippen LogP contribution >= 0.6 is 0 Å². The molecule has 0 aromatic heterocycles. The Bertz CT molecular complexity index is 390. The van der Waals surface area contributed by atoms with Crippen LogP contribution < -0.4 is 0 Å². The molecule has 1 N–H and O–H groups in total. The fourth-order valence-electron chi connectivity index (χ4n) is 3.39. The van der Waals surface area contributed by atoms with E-state index in [-0.39, 0.29) is 0 Å². The van der Waals surface area contributed by atoms with Crippen molar-refractivity contribution in [1.82, 2.24) is 0 Å². The fourth-order valence-corrected chi connectivity index (χ4v) is 3.39. The largest absolute Gasteiger partial charge is 0.385 e. The third-order valence-electron chi connectivity index (χ3n) is 4.64. The fraction of sp³-hybridized carbons (Fsp3) is 0.625. The summed E-state index contributed by atoms with van der Waals surface area (Å²) < 4.78 is 0. The van der Waals surface area contributed by atoms with E-state index in [0.717, 1.165) is 30.2 Å². The van der Waals surface area contributed by atoms with E-state index < -0.39 is 5.60 Å². The van der Waals surface area contributed by atoms with E-state index in [1.807, 2.05) is 0 Å². The lowest BCUT2D eigenvalue weighted by molar-refractivity contribution is -0.0251. The molecule has 1 aromatic carbocycles. The second-order valence-electron chi connectivity index (χ2n) is 6.09. The number of aliphatic hydroxyl groups is 1. The van der Waals surface area contributed by atoms with Gasteiger partial charge < -0.3 is 5.11 Å². The molecule has 1 aromatic rings. The number of rotatable bonds is 2. The Kier molecular flexibility index (Phi) is 2.74. The summed E-state index contributed by atoms with van der Waals surface area (Å²) in [5.41, 5.74) is 1.86. The Morgan fingerprint density at radius 3 is 2.41 bits per heavy atom. The molecule has 2 aliphatic rings. The van der Waals surface area contributed by atoms with Crippen molar-refractivity contribution < 1.29 is 5.11 Å². The highest BCUT2D eigenvalue weighted by Crippen LogP contribution is 2.49. The molecule has 2 fully saturated rings. The molecule has 0 heterocycles. The molecule has 0 amide bonds. The van der Waals surface area contributed by atoms with Crippen molar-refractivity contribution in [2.45, 2.75) is 51.0 Å². The van der Waals surface area contributed by atoms with Gasteiger partial charge in [0.2, 0.25) is 0 Å². The first-order chi connectivity index (χ1) is 8.17.